The van der Waals surface area contributed by atoms with Gasteiger partial charge in [0.25, 0.3) is 0 Å². The van der Waals surface area contributed by atoms with Crippen molar-refractivity contribution in [1.82, 2.24) is 5.32 Å². The second-order valence-corrected chi connectivity index (χ2v) is 4.07. The highest BCUT2D eigenvalue weighted by molar-refractivity contribution is 5.04. The lowest BCUT2D eigenvalue weighted by Crippen LogP contribution is -1.92. The molecule has 2 unspecified atom stereocenters. The van der Waals surface area contributed by atoms with Crippen molar-refractivity contribution in [3.8, 4) is 0 Å². The van der Waals surface area contributed by atoms with Gasteiger partial charge in [0.1, 0.15) is 0 Å². The summed E-state index contributed by atoms with van der Waals surface area (Å²) in [6.45, 7) is 0. The predicted octanol–water partition coefficient (Wildman–Crippen LogP) is 2.79. The topological polar surface area (TPSA) is 21.9 Å². The highest BCUT2D eigenvalue weighted by Crippen LogP contribution is 2.21. The lowest BCUT2D eigenvalue weighted by atomic mass is 10.1. The summed E-state index contributed by atoms with van der Waals surface area (Å²) in [6, 6.07) is 1.61. The number of allylic oxidation sites excluding steroid dienone is 3. The average molecular weight is 177 g/mol. The van der Waals surface area contributed by atoms with Crippen LogP contribution in [0.3, 0.4) is 0 Å². The Balaban J connectivity index is 1.80. The monoisotopic (exact) mass is 177 g/mol. The molecular formula is C12H19N. The lowest BCUT2D eigenvalue weighted by Gasteiger charge is -1.95. The van der Waals surface area contributed by atoms with Crippen LogP contribution in [0.2, 0.25) is 0 Å². The fourth-order valence-electron chi connectivity index (χ4n) is 1.96. The van der Waals surface area contributed by atoms with Crippen LogP contribution in [0.5, 0.6) is 0 Å². The Labute approximate surface area is 80.9 Å². The van der Waals surface area contributed by atoms with Gasteiger partial charge in [-0.1, -0.05) is 24.3 Å². The van der Waals surface area contributed by atoms with E-state index in [1.807, 2.05) is 0 Å². The second-order valence-electron chi connectivity index (χ2n) is 4.07. The van der Waals surface area contributed by atoms with Crippen molar-refractivity contribution in [1.29, 1.82) is 0 Å². The minimum Gasteiger partial charge on any atom is -0.308 e. The Morgan fingerprint density at radius 3 is 2.54 bits per heavy atom. The molecule has 72 valence electrons. The maximum Gasteiger partial charge on any atom is 0.0259 e. The van der Waals surface area contributed by atoms with E-state index in [0.29, 0.717) is 0 Å². The van der Waals surface area contributed by atoms with E-state index >= 15 is 0 Å². The smallest absolute Gasteiger partial charge is 0.0259 e. The van der Waals surface area contributed by atoms with E-state index in [-0.39, 0.29) is 0 Å². The fraction of sp³-hybridized carbons (Fsp3) is 0.667. The summed E-state index contributed by atoms with van der Waals surface area (Å²) >= 11 is 0. The molecule has 1 nitrogen and oxygen atoms in total. The Hall–Kier alpha value is -0.560. The normalized spacial score (nSPS) is 39.4. The molecule has 0 saturated carbocycles. The largest absolute Gasteiger partial charge is 0.308 e. The van der Waals surface area contributed by atoms with Crippen LogP contribution < -0.4 is 5.32 Å². The SMILES string of the molecule is C1=C/CCC2NC2C/C=C/CCC/1. The molecule has 2 aliphatic rings. The minimum absolute atomic E-state index is 0.795. The zero-order valence-corrected chi connectivity index (χ0v) is 8.21. The van der Waals surface area contributed by atoms with E-state index in [1.54, 1.807) is 0 Å². The van der Waals surface area contributed by atoms with E-state index in [2.05, 4.69) is 29.6 Å². The van der Waals surface area contributed by atoms with E-state index < -0.39 is 0 Å². The summed E-state index contributed by atoms with van der Waals surface area (Å²) in [5.74, 6) is 0. The number of rotatable bonds is 0. The molecule has 1 N–H and O–H groups in total. The van der Waals surface area contributed by atoms with Crippen LogP contribution in [0.1, 0.15) is 38.5 Å². The highest BCUT2D eigenvalue weighted by Gasteiger charge is 2.33. The zero-order valence-electron chi connectivity index (χ0n) is 8.21. The first-order chi connectivity index (χ1) is 6.47. The maximum absolute atomic E-state index is 3.52. The van der Waals surface area contributed by atoms with Crippen molar-refractivity contribution in [2.24, 2.45) is 0 Å². The zero-order chi connectivity index (χ0) is 8.93. The lowest BCUT2D eigenvalue weighted by molar-refractivity contribution is 0.778. The number of hydrogen-bond donors (Lipinski definition) is 1. The minimum atomic E-state index is 0.795. The van der Waals surface area contributed by atoms with Gasteiger partial charge in [-0.05, 0) is 38.5 Å². The van der Waals surface area contributed by atoms with Crippen molar-refractivity contribution in [2.75, 3.05) is 0 Å². The molecule has 0 aromatic carbocycles. The molecule has 0 radical (unpaired) electrons. The van der Waals surface area contributed by atoms with Crippen molar-refractivity contribution in [3.05, 3.63) is 24.3 Å². The maximum atomic E-state index is 3.52. The first-order valence-electron chi connectivity index (χ1n) is 5.53. The molecule has 1 heterocycles. The van der Waals surface area contributed by atoms with Crippen LogP contribution in [0, 0.1) is 0 Å². The molecule has 0 amide bonds. The second kappa shape index (κ2) is 4.61. The standard InChI is InChI=1S/C12H19N/c1-2-4-6-8-10-12-11(13-12)9-7-5-3-1/h3,5-6,8,11-13H,1-2,4,7,9-10H2/b5-3+,8-6+. The number of nitrogens with one attached hydrogen (secondary N) is 1. The Morgan fingerprint density at radius 1 is 0.846 bits per heavy atom. The summed E-state index contributed by atoms with van der Waals surface area (Å²) in [5.41, 5.74) is 0. The van der Waals surface area contributed by atoms with Gasteiger partial charge in [-0.25, -0.2) is 0 Å². The average Bonchev–Trinajstić information content (AvgIpc) is 2.83. The van der Waals surface area contributed by atoms with E-state index in [9.17, 15) is 0 Å². The Kier molecular flexibility index (Phi) is 3.20. The number of fused-ring (bicyclic) bond motifs is 1. The van der Waals surface area contributed by atoms with Gasteiger partial charge in [-0.3, -0.25) is 0 Å². The molecule has 1 heteroatoms. The van der Waals surface area contributed by atoms with Crippen LogP contribution >= 0.6 is 0 Å². The first kappa shape index (κ1) is 9.01. The molecule has 1 saturated heterocycles. The highest BCUT2D eigenvalue weighted by atomic mass is 15.1. The van der Waals surface area contributed by atoms with Gasteiger partial charge in [0.2, 0.25) is 0 Å². The Bertz CT molecular complexity index is 205. The van der Waals surface area contributed by atoms with Crippen LogP contribution in [-0.2, 0) is 0 Å². The molecular weight excluding hydrogens is 158 g/mol. The summed E-state index contributed by atoms with van der Waals surface area (Å²) in [7, 11) is 0. The van der Waals surface area contributed by atoms with E-state index in [4.69, 9.17) is 0 Å². The third-order valence-electron chi connectivity index (χ3n) is 2.91. The predicted molar refractivity (Wildman–Crippen MR) is 56.7 cm³/mol. The molecule has 0 bridgehead atoms. The van der Waals surface area contributed by atoms with Gasteiger partial charge in [-0.15, -0.1) is 0 Å². The molecule has 0 aromatic heterocycles. The quantitative estimate of drug-likeness (QED) is 0.446. The third kappa shape index (κ3) is 3.00. The summed E-state index contributed by atoms with van der Waals surface area (Å²) < 4.78 is 0. The van der Waals surface area contributed by atoms with E-state index in [1.165, 1.54) is 38.5 Å². The Morgan fingerprint density at radius 2 is 1.62 bits per heavy atom. The van der Waals surface area contributed by atoms with Crippen LogP contribution in [0.15, 0.2) is 24.3 Å². The van der Waals surface area contributed by atoms with Crippen molar-refractivity contribution in [3.63, 3.8) is 0 Å². The van der Waals surface area contributed by atoms with E-state index in [0.717, 1.165) is 12.1 Å². The molecule has 2 rings (SSSR count). The van der Waals surface area contributed by atoms with Crippen molar-refractivity contribution < 1.29 is 0 Å². The third-order valence-corrected chi connectivity index (χ3v) is 2.91. The molecule has 1 aliphatic carbocycles. The van der Waals surface area contributed by atoms with Gasteiger partial charge < -0.3 is 5.32 Å². The van der Waals surface area contributed by atoms with Gasteiger partial charge in [-0.2, -0.15) is 0 Å². The molecule has 13 heavy (non-hydrogen) atoms. The molecule has 2 atom stereocenters. The van der Waals surface area contributed by atoms with Crippen molar-refractivity contribution in [2.45, 2.75) is 50.6 Å². The van der Waals surface area contributed by atoms with Crippen molar-refractivity contribution >= 4 is 0 Å². The molecule has 0 aromatic rings. The molecule has 1 aliphatic heterocycles. The first-order valence-corrected chi connectivity index (χ1v) is 5.53. The van der Waals surface area contributed by atoms with Crippen LogP contribution in [0.4, 0.5) is 0 Å². The van der Waals surface area contributed by atoms with Gasteiger partial charge in [0, 0.05) is 12.1 Å². The molecule has 1 fully saturated rings. The van der Waals surface area contributed by atoms with Crippen LogP contribution in [0.25, 0.3) is 0 Å². The van der Waals surface area contributed by atoms with Gasteiger partial charge in [0.15, 0.2) is 0 Å². The molecule has 0 spiro atoms. The number of hydrogen-bond acceptors (Lipinski definition) is 1. The summed E-state index contributed by atoms with van der Waals surface area (Å²) in [4.78, 5) is 0. The fourth-order valence-corrected chi connectivity index (χ4v) is 1.96. The van der Waals surface area contributed by atoms with Gasteiger partial charge in [0.05, 0.1) is 0 Å². The van der Waals surface area contributed by atoms with Crippen LogP contribution in [-0.4, -0.2) is 12.1 Å². The summed E-state index contributed by atoms with van der Waals surface area (Å²) in [5, 5.41) is 3.52. The summed E-state index contributed by atoms with van der Waals surface area (Å²) in [6.07, 6.45) is 17.0. The van der Waals surface area contributed by atoms with Gasteiger partial charge >= 0.3 is 0 Å².